The number of hydrogen-bond acceptors (Lipinski definition) is 2. The van der Waals surface area contributed by atoms with Crippen LogP contribution >= 0.6 is 11.6 Å². The van der Waals surface area contributed by atoms with Crippen LogP contribution in [-0.2, 0) is 0 Å². The van der Waals surface area contributed by atoms with E-state index in [0.717, 1.165) is 29.5 Å². The van der Waals surface area contributed by atoms with Gasteiger partial charge in [-0.25, -0.2) is 4.39 Å². The molecule has 1 aromatic heterocycles. The van der Waals surface area contributed by atoms with Crippen molar-refractivity contribution < 1.29 is 9.18 Å². The Morgan fingerprint density at radius 1 is 1.32 bits per heavy atom. The van der Waals surface area contributed by atoms with Gasteiger partial charge in [0, 0.05) is 28.7 Å². The zero-order valence-electron chi connectivity index (χ0n) is 13.7. The predicted molar refractivity (Wildman–Crippen MR) is 95.3 cm³/mol. The third kappa shape index (κ3) is 2.78. The number of halogens is 2. The fourth-order valence-electron chi connectivity index (χ4n) is 3.52. The fraction of sp³-hybridized carbons (Fsp3) is 0.263. The predicted octanol–water partition coefficient (Wildman–Crippen LogP) is 4.64. The first kappa shape index (κ1) is 16.1. The Morgan fingerprint density at radius 2 is 2.08 bits per heavy atom. The summed E-state index contributed by atoms with van der Waals surface area (Å²) in [6.07, 6.45) is 1.76. The number of benzene rings is 2. The first-order valence-electron chi connectivity index (χ1n) is 8.25. The number of amides is 1. The van der Waals surface area contributed by atoms with Gasteiger partial charge in [0.05, 0.1) is 17.1 Å². The fourth-order valence-corrected chi connectivity index (χ4v) is 3.65. The van der Waals surface area contributed by atoms with E-state index in [2.05, 4.69) is 10.2 Å². The zero-order chi connectivity index (χ0) is 17.6. The second-order valence-electron chi connectivity index (χ2n) is 6.41. The molecule has 3 aromatic rings. The number of H-pyrrole nitrogens is 1. The highest BCUT2D eigenvalue weighted by Crippen LogP contribution is 2.34. The summed E-state index contributed by atoms with van der Waals surface area (Å²) in [5.74, 6) is -0.816. The van der Waals surface area contributed by atoms with Crippen LogP contribution in [0.3, 0.4) is 0 Å². The van der Waals surface area contributed by atoms with E-state index in [0.29, 0.717) is 17.1 Å². The number of carbonyl (C=O) groups is 1. The molecule has 1 N–H and O–H groups in total. The standard InChI is InChI=1S/C19H17ClFN3O/c1-11-14-9-15(16(21)10-17(14)23-22-11)19(25)24-8-2-3-18(24)12-4-6-13(20)7-5-12/h4-7,9-10,18H,2-3,8H2,1H3,(H,22,23). The van der Waals surface area contributed by atoms with Gasteiger partial charge in [-0.1, -0.05) is 23.7 Å². The number of nitrogens with zero attached hydrogens (tertiary/aromatic N) is 2. The average molecular weight is 358 g/mol. The number of aromatic amines is 1. The minimum Gasteiger partial charge on any atom is -0.332 e. The smallest absolute Gasteiger partial charge is 0.257 e. The molecule has 0 saturated carbocycles. The van der Waals surface area contributed by atoms with Crippen LogP contribution in [0.2, 0.25) is 5.02 Å². The van der Waals surface area contributed by atoms with Crippen molar-refractivity contribution in [1.29, 1.82) is 0 Å². The van der Waals surface area contributed by atoms with Crippen LogP contribution in [0.15, 0.2) is 36.4 Å². The normalized spacial score (nSPS) is 17.4. The van der Waals surface area contributed by atoms with Crippen LogP contribution < -0.4 is 0 Å². The highest BCUT2D eigenvalue weighted by atomic mass is 35.5. The largest absolute Gasteiger partial charge is 0.332 e. The third-order valence-electron chi connectivity index (χ3n) is 4.83. The topological polar surface area (TPSA) is 49.0 Å². The van der Waals surface area contributed by atoms with Gasteiger partial charge < -0.3 is 4.90 Å². The van der Waals surface area contributed by atoms with Crippen molar-refractivity contribution in [3.05, 3.63) is 64.1 Å². The summed E-state index contributed by atoms with van der Waals surface area (Å²) >= 11 is 5.95. The van der Waals surface area contributed by atoms with Gasteiger partial charge in [0.1, 0.15) is 5.82 Å². The van der Waals surface area contributed by atoms with Gasteiger partial charge in [-0.05, 0) is 43.5 Å². The molecule has 1 unspecified atom stereocenters. The molecule has 0 bridgehead atoms. The molecule has 0 spiro atoms. The van der Waals surface area contributed by atoms with Crippen LogP contribution in [0.4, 0.5) is 4.39 Å². The van der Waals surface area contributed by atoms with Crippen molar-refractivity contribution in [3.63, 3.8) is 0 Å². The molecule has 6 heteroatoms. The lowest BCUT2D eigenvalue weighted by Crippen LogP contribution is -2.31. The molecule has 1 atom stereocenters. The molecule has 1 aliphatic rings. The number of aromatic nitrogens is 2. The monoisotopic (exact) mass is 357 g/mol. The molecular weight excluding hydrogens is 341 g/mol. The summed E-state index contributed by atoms with van der Waals surface area (Å²) in [5.41, 5.74) is 2.47. The van der Waals surface area contributed by atoms with E-state index in [1.165, 1.54) is 6.07 Å². The minimum absolute atomic E-state index is 0.0506. The molecule has 1 saturated heterocycles. The maximum absolute atomic E-state index is 14.5. The summed E-state index contributed by atoms with van der Waals surface area (Å²) in [6.45, 7) is 2.47. The van der Waals surface area contributed by atoms with Gasteiger partial charge in [-0.2, -0.15) is 5.10 Å². The molecule has 128 valence electrons. The van der Waals surface area contributed by atoms with Crippen LogP contribution in [0, 0.1) is 12.7 Å². The van der Waals surface area contributed by atoms with E-state index in [1.54, 1.807) is 11.0 Å². The number of likely N-dealkylation sites (tertiary alicyclic amines) is 1. The van der Waals surface area contributed by atoms with Gasteiger partial charge in [0.25, 0.3) is 5.91 Å². The number of carbonyl (C=O) groups excluding carboxylic acids is 1. The number of aryl methyl sites for hydroxylation is 1. The van der Waals surface area contributed by atoms with Crippen molar-refractivity contribution in [3.8, 4) is 0 Å². The number of nitrogens with one attached hydrogen (secondary N) is 1. The SMILES string of the molecule is Cc1[nH]nc2cc(F)c(C(=O)N3CCCC3c3ccc(Cl)cc3)cc12. The first-order chi connectivity index (χ1) is 12.0. The van der Waals surface area contributed by atoms with Crippen molar-refractivity contribution in [2.75, 3.05) is 6.54 Å². The van der Waals surface area contributed by atoms with Gasteiger partial charge in [-0.15, -0.1) is 0 Å². The van der Waals surface area contributed by atoms with Crippen molar-refractivity contribution in [1.82, 2.24) is 15.1 Å². The van der Waals surface area contributed by atoms with Crippen molar-refractivity contribution >= 4 is 28.4 Å². The van der Waals surface area contributed by atoms with Crippen LogP contribution in [0.1, 0.15) is 40.5 Å². The molecule has 1 amide bonds. The molecule has 2 aromatic carbocycles. The maximum Gasteiger partial charge on any atom is 0.257 e. The Morgan fingerprint density at radius 3 is 2.84 bits per heavy atom. The maximum atomic E-state index is 14.5. The summed E-state index contributed by atoms with van der Waals surface area (Å²) < 4.78 is 14.5. The third-order valence-corrected chi connectivity index (χ3v) is 5.08. The Labute approximate surface area is 149 Å². The molecule has 1 fully saturated rings. The first-order valence-corrected chi connectivity index (χ1v) is 8.63. The lowest BCUT2D eigenvalue weighted by atomic mass is 10.0. The molecule has 4 rings (SSSR count). The second-order valence-corrected chi connectivity index (χ2v) is 6.84. The van der Waals surface area contributed by atoms with Crippen molar-refractivity contribution in [2.24, 2.45) is 0 Å². The molecule has 2 heterocycles. The van der Waals surface area contributed by atoms with Gasteiger partial charge in [0.15, 0.2) is 0 Å². The molecule has 1 aliphatic heterocycles. The Kier molecular flexibility index (Phi) is 3.96. The highest BCUT2D eigenvalue weighted by molar-refractivity contribution is 6.30. The molecule has 0 aliphatic carbocycles. The lowest BCUT2D eigenvalue weighted by Gasteiger charge is -2.25. The van der Waals surface area contributed by atoms with E-state index in [4.69, 9.17) is 11.6 Å². The summed E-state index contributed by atoms with van der Waals surface area (Å²) in [7, 11) is 0. The highest BCUT2D eigenvalue weighted by Gasteiger charge is 2.32. The second kappa shape index (κ2) is 6.15. The quantitative estimate of drug-likeness (QED) is 0.726. The van der Waals surface area contributed by atoms with Gasteiger partial charge >= 0.3 is 0 Å². The number of fused-ring (bicyclic) bond motifs is 1. The molecule has 4 nitrogen and oxygen atoms in total. The minimum atomic E-state index is -0.536. The Bertz CT molecular complexity index is 951. The molecule has 25 heavy (non-hydrogen) atoms. The van der Waals surface area contributed by atoms with Crippen LogP contribution in [0.5, 0.6) is 0 Å². The van der Waals surface area contributed by atoms with Gasteiger partial charge in [0.2, 0.25) is 0 Å². The number of rotatable bonds is 2. The van der Waals surface area contributed by atoms with Crippen LogP contribution in [0.25, 0.3) is 10.9 Å². The summed E-state index contributed by atoms with van der Waals surface area (Å²) in [6, 6.07) is 10.4. The average Bonchev–Trinajstić information content (AvgIpc) is 3.22. The lowest BCUT2D eigenvalue weighted by molar-refractivity contribution is 0.0731. The van der Waals surface area contributed by atoms with Crippen LogP contribution in [-0.4, -0.2) is 27.5 Å². The Balaban J connectivity index is 1.71. The Hall–Kier alpha value is -2.40. The van der Waals surface area contributed by atoms with E-state index in [9.17, 15) is 9.18 Å². The van der Waals surface area contributed by atoms with Gasteiger partial charge in [-0.3, -0.25) is 9.89 Å². The summed E-state index contributed by atoms with van der Waals surface area (Å²) in [5, 5.41) is 8.30. The molecular formula is C19H17ClFN3O. The summed E-state index contributed by atoms with van der Waals surface area (Å²) in [4.78, 5) is 14.8. The van der Waals surface area contributed by atoms with E-state index in [-0.39, 0.29) is 17.5 Å². The van der Waals surface area contributed by atoms with E-state index < -0.39 is 5.82 Å². The zero-order valence-corrected chi connectivity index (χ0v) is 14.5. The molecule has 0 radical (unpaired) electrons. The number of hydrogen-bond donors (Lipinski definition) is 1. The van der Waals surface area contributed by atoms with E-state index in [1.807, 2.05) is 31.2 Å². The van der Waals surface area contributed by atoms with Crippen molar-refractivity contribution in [2.45, 2.75) is 25.8 Å². The van der Waals surface area contributed by atoms with E-state index >= 15 is 0 Å².